The first-order valence-electron chi connectivity index (χ1n) is 6.18. The van der Waals surface area contributed by atoms with E-state index in [1.165, 1.54) is 17.3 Å². The molecule has 0 unspecified atom stereocenters. The summed E-state index contributed by atoms with van der Waals surface area (Å²) in [5.74, 6) is -0.133. The zero-order valence-electron chi connectivity index (χ0n) is 11.7. The molecule has 1 aromatic carbocycles. The maximum Gasteiger partial charge on any atom is 0.259 e. The first-order chi connectivity index (χ1) is 8.84. The van der Waals surface area contributed by atoms with Gasteiger partial charge in [-0.2, -0.15) is 0 Å². The van der Waals surface area contributed by atoms with E-state index in [2.05, 4.69) is 26.1 Å². The molecule has 0 radical (unpaired) electrons. The number of nitrogens with one attached hydrogen (secondary N) is 1. The lowest BCUT2D eigenvalue weighted by molar-refractivity contribution is -0.118. The molecule has 0 bridgehead atoms. The second-order valence-electron chi connectivity index (χ2n) is 5.45. The van der Waals surface area contributed by atoms with E-state index < -0.39 is 0 Å². The normalized spacial score (nSPS) is 14.1. The average Bonchev–Trinajstić information content (AvgIpc) is 2.35. The molecule has 0 aliphatic rings. The molecule has 19 heavy (non-hydrogen) atoms. The fraction of sp³-hybridized carbons (Fsp3) is 0.400. The Bertz CT molecular complexity index is 451. The lowest BCUT2D eigenvalue weighted by Gasteiger charge is -2.28. The third-order valence-electron chi connectivity index (χ3n) is 2.94. The zero-order valence-corrected chi connectivity index (χ0v) is 13.3. The van der Waals surface area contributed by atoms with Crippen molar-refractivity contribution in [3.63, 3.8) is 0 Å². The molecule has 0 aliphatic carbocycles. The summed E-state index contributed by atoms with van der Waals surface area (Å²) in [5, 5.41) is 2.98. The number of carbonyl (C=O) groups excluding carboxylic acids is 1. The van der Waals surface area contributed by atoms with Crippen molar-refractivity contribution in [1.29, 1.82) is 0 Å². The van der Waals surface area contributed by atoms with Crippen molar-refractivity contribution in [2.24, 2.45) is 5.41 Å². The van der Waals surface area contributed by atoms with Gasteiger partial charge in [-0.05, 0) is 24.5 Å². The zero-order chi connectivity index (χ0) is 14.5. The van der Waals surface area contributed by atoms with E-state index in [-0.39, 0.29) is 17.4 Å². The van der Waals surface area contributed by atoms with Gasteiger partial charge in [-0.3, -0.25) is 4.79 Å². The van der Waals surface area contributed by atoms with Gasteiger partial charge in [-0.15, -0.1) is 0 Å². The minimum absolute atomic E-state index is 0.0183. The van der Waals surface area contributed by atoms with Gasteiger partial charge in [-0.1, -0.05) is 62.3 Å². The molecule has 0 heterocycles. The van der Waals surface area contributed by atoms with Gasteiger partial charge in [0.25, 0.3) is 5.91 Å². The first-order valence-corrected chi connectivity index (χ1v) is 7.44. The Labute approximate surface area is 124 Å². The van der Waals surface area contributed by atoms with E-state index in [0.717, 1.165) is 4.90 Å². The average molecular weight is 298 g/mol. The van der Waals surface area contributed by atoms with Crippen LogP contribution in [0.3, 0.4) is 0 Å². The number of amides is 1. The van der Waals surface area contributed by atoms with Crippen molar-refractivity contribution in [3.05, 3.63) is 40.8 Å². The highest BCUT2D eigenvalue weighted by atomic mass is 35.5. The van der Waals surface area contributed by atoms with Crippen LogP contribution in [0, 0.1) is 5.41 Å². The highest BCUT2D eigenvalue weighted by Crippen LogP contribution is 2.28. The van der Waals surface area contributed by atoms with Crippen molar-refractivity contribution in [1.82, 2.24) is 5.32 Å². The number of rotatable bonds is 4. The molecule has 1 rings (SSSR count). The second-order valence-corrected chi connectivity index (χ2v) is 6.78. The van der Waals surface area contributed by atoms with E-state index in [1.807, 2.05) is 37.3 Å². The van der Waals surface area contributed by atoms with Crippen LogP contribution in [0.4, 0.5) is 0 Å². The lowest BCUT2D eigenvalue weighted by Crippen LogP contribution is -2.41. The van der Waals surface area contributed by atoms with Gasteiger partial charge in [0.2, 0.25) is 0 Å². The molecule has 1 amide bonds. The topological polar surface area (TPSA) is 29.1 Å². The Morgan fingerprint density at radius 2 is 1.89 bits per heavy atom. The number of thioether (sulfide) groups is 1. The van der Waals surface area contributed by atoms with Crippen LogP contribution in [0.1, 0.15) is 27.7 Å². The summed E-state index contributed by atoms with van der Waals surface area (Å²) in [6.45, 7) is 8.27. The fourth-order valence-corrected chi connectivity index (χ4v) is 2.19. The minimum atomic E-state index is -0.133. The molecule has 0 aliphatic heterocycles. The minimum Gasteiger partial charge on any atom is -0.349 e. The molecular formula is C15H20ClNOS. The maximum absolute atomic E-state index is 12.2. The summed E-state index contributed by atoms with van der Waals surface area (Å²) < 4.78 is 0. The monoisotopic (exact) mass is 297 g/mol. The van der Waals surface area contributed by atoms with Crippen LogP contribution in [0.25, 0.3) is 0 Å². The lowest BCUT2D eigenvalue weighted by atomic mass is 9.88. The fourth-order valence-electron chi connectivity index (χ4n) is 1.22. The molecule has 104 valence electrons. The van der Waals surface area contributed by atoms with Gasteiger partial charge in [0.15, 0.2) is 0 Å². The van der Waals surface area contributed by atoms with Crippen LogP contribution in [-0.2, 0) is 4.79 Å². The summed E-state index contributed by atoms with van der Waals surface area (Å²) in [6, 6.07) is 9.78. The van der Waals surface area contributed by atoms with Crippen molar-refractivity contribution in [2.75, 3.05) is 0 Å². The highest BCUT2D eigenvalue weighted by Gasteiger charge is 2.23. The Morgan fingerprint density at radius 3 is 2.37 bits per heavy atom. The molecule has 2 nitrogen and oxygen atoms in total. The number of hydrogen-bond acceptors (Lipinski definition) is 2. The van der Waals surface area contributed by atoms with Crippen LogP contribution in [0.2, 0.25) is 0 Å². The predicted octanol–water partition coefficient (Wildman–Crippen LogP) is 4.41. The van der Waals surface area contributed by atoms with Gasteiger partial charge in [-0.25, -0.2) is 0 Å². The van der Waals surface area contributed by atoms with Crippen LogP contribution in [-0.4, -0.2) is 11.9 Å². The largest absolute Gasteiger partial charge is 0.349 e. The van der Waals surface area contributed by atoms with Crippen LogP contribution in [0.15, 0.2) is 45.7 Å². The van der Waals surface area contributed by atoms with E-state index in [0.29, 0.717) is 4.91 Å². The first kappa shape index (κ1) is 16.1. The van der Waals surface area contributed by atoms with Crippen molar-refractivity contribution < 1.29 is 4.79 Å². The van der Waals surface area contributed by atoms with Gasteiger partial charge < -0.3 is 5.32 Å². The summed E-state index contributed by atoms with van der Waals surface area (Å²) >= 11 is 7.13. The number of benzene rings is 1. The van der Waals surface area contributed by atoms with E-state index >= 15 is 0 Å². The molecule has 0 spiro atoms. The molecule has 0 aromatic heterocycles. The van der Waals surface area contributed by atoms with Gasteiger partial charge in [0, 0.05) is 16.5 Å². The molecule has 0 saturated heterocycles. The van der Waals surface area contributed by atoms with E-state index in [9.17, 15) is 4.79 Å². The van der Waals surface area contributed by atoms with E-state index in [1.54, 1.807) is 0 Å². The highest BCUT2D eigenvalue weighted by molar-refractivity contribution is 8.04. The van der Waals surface area contributed by atoms with Crippen molar-refractivity contribution in [3.8, 4) is 0 Å². The van der Waals surface area contributed by atoms with Crippen LogP contribution >= 0.6 is 23.4 Å². The quantitative estimate of drug-likeness (QED) is 0.659. The third kappa shape index (κ3) is 5.29. The molecular weight excluding hydrogens is 278 g/mol. The summed E-state index contributed by atoms with van der Waals surface area (Å²) in [7, 11) is 0. The second kappa shape index (κ2) is 7.01. The molecule has 4 heteroatoms. The van der Waals surface area contributed by atoms with Crippen LogP contribution in [0.5, 0.6) is 0 Å². The molecule has 0 saturated carbocycles. The Morgan fingerprint density at radius 1 is 1.32 bits per heavy atom. The van der Waals surface area contributed by atoms with Crippen molar-refractivity contribution in [2.45, 2.75) is 38.6 Å². The molecule has 1 atom stereocenters. The van der Waals surface area contributed by atoms with Crippen LogP contribution < -0.4 is 5.32 Å². The number of hydrogen-bond donors (Lipinski definition) is 1. The van der Waals surface area contributed by atoms with E-state index in [4.69, 9.17) is 11.6 Å². The maximum atomic E-state index is 12.2. The smallest absolute Gasteiger partial charge is 0.259 e. The predicted molar refractivity (Wildman–Crippen MR) is 83.3 cm³/mol. The van der Waals surface area contributed by atoms with Crippen molar-refractivity contribution >= 4 is 29.3 Å². The summed E-state index contributed by atoms with van der Waals surface area (Å²) in [4.78, 5) is 13.6. The summed E-state index contributed by atoms with van der Waals surface area (Å²) in [5.41, 5.74) is 1.35. The van der Waals surface area contributed by atoms with Gasteiger partial charge in [0.05, 0.1) is 4.91 Å². The molecule has 0 fully saturated rings. The number of halogens is 1. The Hall–Kier alpha value is -0.930. The van der Waals surface area contributed by atoms with Gasteiger partial charge >= 0.3 is 0 Å². The third-order valence-corrected chi connectivity index (χ3v) is 4.32. The van der Waals surface area contributed by atoms with Gasteiger partial charge in [0.1, 0.15) is 0 Å². The SMILES string of the molecule is C[C@@H](NC(=O)/C(=C/Cl)Sc1ccccc1)C(C)(C)C. The molecule has 1 aromatic rings. The summed E-state index contributed by atoms with van der Waals surface area (Å²) in [6.07, 6.45) is 0. The standard InChI is InChI=1S/C15H20ClNOS/c1-11(15(2,3)4)17-14(18)13(10-16)19-12-8-6-5-7-9-12/h5-11H,1-4H3,(H,17,18)/b13-10-/t11-/m1/s1. The number of carbonyl (C=O) groups is 1. The molecule has 1 N–H and O–H groups in total. The Kier molecular flexibility index (Phi) is 5.95. The Balaban J connectivity index is 2.69.